The van der Waals surface area contributed by atoms with Crippen molar-refractivity contribution in [1.82, 2.24) is 26.6 Å². The van der Waals surface area contributed by atoms with Gasteiger partial charge in [-0.1, -0.05) is 60.7 Å². The van der Waals surface area contributed by atoms with Gasteiger partial charge in [-0.15, -0.1) is 0 Å². The van der Waals surface area contributed by atoms with Crippen LogP contribution in [0, 0.1) is 10.1 Å². The summed E-state index contributed by atoms with van der Waals surface area (Å²) in [5, 5.41) is 23.4. The average Bonchev–Trinajstić information content (AvgIpc) is 3.11. The number of non-ortho nitro benzene ring substituents is 1. The summed E-state index contributed by atoms with van der Waals surface area (Å²) >= 11 is 0. The normalized spacial score (nSPS) is 12.5. The topological polar surface area (TPSA) is 224 Å². The van der Waals surface area contributed by atoms with Gasteiger partial charge >= 0.3 is 12.1 Å². The molecule has 3 rings (SSSR count). The number of hydrogen-bond donors (Lipinski definition) is 5. The Morgan fingerprint density at radius 2 is 1.21 bits per heavy atom. The first-order valence-electron chi connectivity index (χ1n) is 16.7. The molecule has 53 heavy (non-hydrogen) atoms. The summed E-state index contributed by atoms with van der Waals surface area (Å²) in [5.41, 5.74) is 1.04. The second-order valence-corrected chi connectivity index (χ2v) is 13.0. The lowest BCUT2D eigenvalue weighted by atomic mass is 10.0. The first kappa shape index (κ1) is 41.1. The molecule has 0 saturated carbocycles. The average molecular weight is 733 g/mol. The van der Waals surface area contributed by atoms with Crippen LogP contribution in [-0.4, -0.2) is 77.4 Å². The zero-order chi connectivity index (χ0) is 39.0. The van der Waals surface area contributed by atoms with E-state index in [1.165, 1.54) is 31.2 Å². The summed E-state index contributed by atoms with van der Waals surface area (Å²) in [7, 11) is 0. The molecule has 5 amide bonds. The van der Waals surface area contributed by atoms with Crippen molar-refractivity contribution >= 4 is 41.4 Å². The van der Waals surface area contributed by atoms with Gasteiger partial charge in [0.05, 0.1) is 11.5 Å². The molecular weight excluding hydrogens is 688 g/mol. The van der Waals surface area contributed by atoms with E-state index in [2.05, 4.69) is 26.6 Å². The molecule has 0 radical (unpaired) electrons. The van der Waals surface area contributed by atoms with E-state index in [1.54, 1.807) is 81.4 Å². The molecule has 0 fully saturated rings. The minimum absolute atomic E-state index is 0.0410. The maximum Gasteiger partial charge on any atom is 0.408 e. The van der Waals surface area contributed by atoms with E-state index in [0.717, 1.165) is 5.56 Å². The summed E-state index contributed by atoms with van der Waals surface area (Å²) < 4.78 is 10.6. The third kappa shape index (κ3) is 15.2. The fourth-order valence-corrected chi connectivity index (χ4v) is 4.73. The van der Waals surface area contributed by atoms with E-state index in [4.69, 9.17) is 9.47 Å². The molecule has 0 aliphatic carbocycles. The van der Waals surface area contributed by atoms with Crippen LogP contribution < -0.4 is 26.6 Å². The van der Waals surface area contributed by atoms with Gasteiger partial charge in [-0.2, -0.15) is 0 Å². The standard InChI is InChI=1S/C37H44N6O10/c1-24(40-31(44)22-39-36(49)53-37(2,3)4)33(46)38-21-32(45)41-29(19-25-11-7-5-8-12-25)34(47)42-30(20-26-13-9-6-10-14-26)35(48)52-23-27-15-17-28(18-16-27)43(50)51/h5-18,24,29-30H,19-23H2,1-4H3,(H,38,46)(H,39,49)(H,40,44)(H,41,45)(H,42,47)/t24-,29-,30-/m0/s1. The number of ether oxygens (including phenoxy) is 2. The summed E-state index contributed by atoms with van der Waals surface area (Å²) in [5.74, 6) is -3.55. The Labute approximate surface area is 306 Å². The van der Waals surface area contributed by atoms with Crippen LogP contribution in [0.2, 0.25) is 0 Å². The van der Waals surface area contributed by atoms with Gasteiger partial charge in [-0.25, -0.2) is 9.59 Å². The van der Waals surface area contributed by atoms with Gasteiger partial charge in [-0.3, -0.25) is 29.3 Å². The number of nitrogens with one attached hydrogen (secondary N) is 5. The number of amides is 5. The minimum atomic E-state index is -1.18. The predicted molar refractivity (Wildman–Crippen MR) is 192 cm³/mol. The van der Waals surface area contributed by atoms with Gasteiger partial charge in [-0.05, 0) is 56.5 Å². The molecule has 0 saturated heterocycles. The van der Waals surface area contributed by atoms with Crippen molar-refractivity contribution in [2.75, 3.05) is 13.1 Å². The first-order valence-corrected chi connectivity index (χ1v) is 16.7. The molecule has 16 heteroatoms. The molecule has 0 heterocycles. The zero-order valence-electron chi connectivity index (χ0n) is 29.9. The van der Waals surface area contributed by atoms with Crippen LogP contribution in [-0.2, 0) is 52.9 Å². The Kier molecular flexibility index (Phi) is 15.4. The molecule has 0 unspecified atom stereocenters. The van der Waals surface area contributed by atoms with Gasteiger partial charge in [0.25, 0.3) is 5.69 Å². The fourth-order valence-electron chi connectivity index (χ4n) is 4.73. The Bertz CT molecular complexity index is 1730. The second kappa shape index (κ2) is 19.9. The Balaban J connectivity index is 1.64. The van der Waals surface area contributed by atoms with Crippen LogP contribution in [0.25, 0.3) is 0 Å². The molecular formula is C37H44N6O10. The monoisotopic (exact) mass is 732 g/mol. The van der Waals surface area contributed by atoms with Crippen molar-refractivity contribution in [3.8, 4) is 0 Å². The predicted octanol–water partition coefficient (Wildman–Crippen LogP) is 2.24. The maximum absolute atomic E-state index is 13.7. The summed E-state index contributed by atoms with van der Waals surface area (Å²) in [6.07, 6.45) is -0.703. The molecule has 0 aromatic heterocycles. The van der Waals surface area contributed by atoms with Crippen molar-refractivity contribution in [2.45, 2.75) is 70.9 Å². The van der Waals surface area contributed by atoms with Crippen LogP contribution in [0.1, 0.15) is 44.4 Å². The van der Waals surface area contributed by atoms with Crippen LogP contribution in [0.5, 0.6) is 0 Å². The van der Waals surface area contributed by atoms with Gasteiger partial charge in [0, 0.05) is 25.0 Å². The first-order chi connectivity index (χ1) is 25.1. The fraction of sp³-hybridized carbons (Fsp3) is 0.351. The van der Waals surface area contributed by atoms with E-state index < -0.39 is 77.4 Å². The third-order valence-corrected chi connectivity index (χ3v) is 7.33. The SMILES string of the molecule is C[C@H](NC(=O)CNC(=O)OC(C)(C)C)C(=O)NCC(=O)N[C@@H](Cc1ccccc1)C(=O)N[C@@H](Cc1ccccc1)C(=O)OCc1ccc([N+](=O)[O-])cc1. The number of carbonyl (C=O) groups is 6. The number of nitro groups is 1. The molecule has 3 atom stereocenters. The minimum Gasteiger partial charge on any atom is -0.459 e. The summed E-state index contributed by atoms with van der Waals surface area (Å²) in [4.78, 5) is 87.2. The van der Waals surface area contributed by atoms with Crippen molar-refractivity contribution in [3.63, 3.8) is 0 Å². The number of nitrogens with zero attached hydrogens (tertiary/aromatic N) is 1. The molecule has 3 aromatic rings. The molecule has 0 spiro atoms. The van der Waals surface area contributed by atoms with Gasteiger partial charge in [0.1, 0.15) is 36.9 Å². The number of rotatable bonds is 17. The van der Waals surface area contributed by atoms with Crippen molar-refractivity contribution in [3.05, 3.63) is 112 Å². The Morgan fingerprint density at radius 3 is 1.75 bits per heavy atom. The lowest BCUT2D eigenvalue weighted by Gasteiger charge is -2.23. The Morgan fingerprint density at radius 1 is 0.679 bits per heavy atom. The Hall–Kier alpha value is -6.32. The highest BCUT2D eigenvalue weighted by atomic mass is 16.6. The number of nitro benzene ring substituents is 1. The van der Waals surface area contributed by atoms with E-state index >= 15 is 0 Å². The van der Waals surface area contributed by atoms with Gasteiger partial charge in [0.2, 0.25) is 23.6 Å². The van der Waals surface area contributed by atoms with Crippen LogP contribution in [0.15, 0.2) is 84.9 Å². The largest absolute Gasteiger partial charge is 0.459 e. The van der Waals surface area contributed by atoms with Crippen molar-refractivity contribution in [2.24, 2.45) is 0 Å². The highest BCUT2D eigenvalue weighted by Gasteiger charge is 2.29. The van der Waals surface area contributed by atoms with Crippen LogP contribution in [0.3, 0.4) is 0 Å². The van der Waals surface area contributed by atoms with Crippen LogP contribution >= 0.6 is 0 Å². The van der Waals surface area contributed by atoms with Crippen LogP contribution in [0.4, 0.5) is 10.5 Å². The number of benzene rings is 3. The van der Waals surface area contributed by atoms with Gasteiger partial charge < -0.3 is 36.1 Å². The molecule has 3 aromatic carbocycles. The van der Waals surface area contributed by atoms with E-state index in [1.807, 2.05) is 0 Å². The lowest BCUT2D eigenvalue weighted by Crippen LogP contribution is -2.55. The smallest absolute Gasteiger partial charge is 0.408 e. The third-order valence-electron chi connectivity index (χ3n) is 7.33. The number of esters is 1. The van der Waals surface area contributed by atoms with Crippen molar-refractivity contribution in [1.29, 1.82) is 0 Å². The molecule has 5 N–H and O–H groups in total. The quantitative estimate of drug-likeness (QED) is 0.0773. The van der Waals surface area contributed by atoms with E-state index in [9.17, 15) is 38.9 Å². The number of alkyl carbamates (subject to hydrolysis) is 1. The second-order valence-electron chi connectivity index (χ2n) is 13.0. The summed E-state index contributed by atoms with van der Waals surface area (Å²) in [6.45, 7) is 5.19. The summed E-state index contributed by atoms with van der Waals surface area (Å²) in [6, 6.07) is 19.8. The van der Waals surface area contributed by atoms with Gasteiger partial charge in [0.15, 0.2) is 0 Å². The lowest BCUT2D eigenvalue weighted by molar-refractivity contribution is -0.384. The number of hydrogen-bond acceptors (Lipinski definition) is 10. The molecule has 16 nitrogen and oxygen atoms in total. The van der Waals surface area contributed by atoms with Crippen molar-refractivity contribution < 1.29 is 43.2 Å². The molecule has 0 bridgehead atoms. The van der Waals surface area contributed by atoms with E-state index in [0.29, 0.717) is 11.1 Å². The molecule has 0 aliphatic rings. The number of carbonyl (C=O) groups excluding carboxylic acids is 6. The highest BCUT2D eigenvalue weighted by Crippen LogP contribution is 2.14. The van der Waals surface area contributed by atoms with E-state index in [-0.39, 0.29) is 25.1 Å². The zero-order valence-corrected chi connectivity index (χ0v) is 29.9. The molecule has 282 valence electrons. The maximum atomic E-state index is 13.7. The molecule has 0 aliphatic heterocycles. The highest BCUT2D eigenvalue weighted by molar-refractivity contribution is 5.94.